The van der Waals surface area contributed by atoms with Crippen LogP contribution >= 0.6 is 0 Å². The maximum Gasteiger partial charge on any atom is 0.416 e. The van der Waals surface area contributed by atoms with Gasteiger partial charge in [-0.1, -0.05) is 6.07 Å². The van der Waals surface area contributed by atoms with Crippen molar-refractivity contribution in [1.29, 1.82) is 0 Å². The predicted molar refractivity (Wildman–Crippen MR) is 92.4 cm³/mol. The molecule has 1 aliphatic rings. The third kappa shape index (κ3) is 4.32. The van der Waals surface area contributed by atoms with Crippen molar-refractivity contribution >= 4 is 17.3 Å². The Balaban J connectivity index is 1.74. The quantitative estimate of drug-likeness (QED) is 0.909. The van der Waals surface area contributed by atoms with E-state index in [0.717, 1.165) is 25.2 Å². The number of amides is 1. The van der Waals surface area contributed by atoms with Crippen LogP contribution in [0.3, 0.4) is 0 Å². The highest BCUT2D eigenvalue weighted by Gasteiger charge is 2.30. The number of carbonyl (C=O) groups is 1. The molecule has 0 spiro atoms. The van der Waals surface area contributed by atoms with Crippen molar-refractivity contribution in [2.45, 2.75) is 6.18 Å². The second-order valence-corrected chi connectivity index (χ2v) is 6.23. The minimum Gasteiger partial charge on any atom is -0.355 e. The molecular weight excluding hydrogens is 345 g/mol. The van der Waals surface area contributed by atoms with Crippen molar-refractivity contribution in [1.82, 2.24) is 14.8 Å². The van der Waals surface area contributed by atoms with E-state index < -0.39 is 11.7 Å². The predicted octanol–water partition coefficient (Wildman–Crippen LogP) is 3.23. The average molecular weight is 364 g/mol. The molecule has 0 radical (unpaired) electrons. The Bertz CT molecular complexity index is 786. The number of hydrogen-bond acceptors (Lipinski definition) is 4. The first kappa shape index (κ1) is 18.2. The van der Waals surface area contributed by atoms with Gasteiger partial charge >= 0.3 is 6.18 Å². The monoisotopic (exact) mass is 364 g/mol. The molecule has 1 N–H and O–H groups in total. The number of rotatable bonds is 3. The Labute approximate surface area is 149 Å². The van der Waals surface area contributed by atoms with Crippen LogP contribution in [0, 0.1) is 0 Å². The largest absolute Gasteiger partial charge is 0.416 e. The zero-order valence-corrected chi connectivity index (χ0v) is 14.3. The van der Waals surface area contributed by atoms with Crippen molar-refractivity contribution < 1.29 is 18.0 Å². The molecule has 5 nitrogen and oxygen atoms in total. The highest BCUT2D eigenvalue weighted by molar-refractivity contribution is 5.93. The number of benzene rings is 1. The van der Waals surface area contributed by atoms with Crippen LogP contribution in [-0.4, -0.2) is 53.9 Å². The van der Waals surface area contributed by atoms with Crippen LogP contribution in [0.1, 0.15) is 16.1 Å². The molecule has 8 heteroatoms. The number of anilines is 2. The maximum atomic E-state index is 12.8. The van der Waals surface area contributed by atoms with Crippen LogP contribution in [-0.2, 0) is 6.18 Å². The van der Waals surface area contributed by atoms with Crippen molar-refractivity contribution in [3.8, 4) is 0 Å². The highest BCUT2D eigenvalue weighted by atomic mass is 19.4. The number of aromatic nitrogens is 1. The highest BCUT2D eigenvalue weighted by Crippen LogP contribution is 2.31. The van der Waals surface area contributed by atoms with Gasteiger partial charge < -0.3 is 15.1 Å². The minimum absolute atomic E-state index is 0.175. The zero-order chi connectivity index (χ0) is 18.7. The first-order chi connectivity index (χ1) is 12.3. The number of carbonyl (C=O) groups excluding carboxylic acids is 1. The summed E-state index contributed by atoms with van der Waals surface area (Å²) in [5, 5.41) is 2.90. The maximum absolute atomic E-state index is 12.8. The molecule has 0 atom stereocenters. The summed E-state index contributed by atoms with van der Waals surface area (Å²) in [6.07, 6.45) is -2.93. The zero-order valence-electron chi connectivity index (χ0n) is 14.3. The number of piperazine rings is 1. The Kier molecular flexibility index (Phi) is 5.13. The number of nitrogens with zero attached hydrogens (tertiary/aromatic N) is 3. The van der Waals surface area contributed by atoms with Crippen LogP contribution in [0.15, 0.2) is 42.6 Å². The molecule has 2 heterocycles. The number of nitrogens with one attached hydrogen (secondary N) is 1. The van der Waals surface area contributed by atoms with E-state index in [-0.39, 0.29) is 11.6 Å². The van der Waals surface area contributed by atoms with Gasteiger partial charge in [0.05, 0.1) is 5.56 Å². The number of hydrogen-bond donors (Lipinski definition) is 1. The SMILES string of the molecule is CN1CCN(C(=O)c2cc(Nc3cccc(C(F)(F)F)c3)ccn2)CC1. The van der Waals surface area contributed by atoms with E-state index in [9.17, 15) is 18.0 Å². The van der Waals surface area contributed by atoms with Gasteiger partial charge in [0, 0.05) is 43.8 Å². The van der Waals surface area contributed by atoms with Crippen LogP contribution in [0.4, 0.5) is 24.5 Å². The second kappa shape index (κ2) is 7.33. The standard InChI is InChI=1S/C18H19F3N4O/c1-24-7-9-25(10-8-24)17(26)16-12-15(5-6-22-16)23-14-4-2-3-13(11-14)18(19,20)21/h2-6,11-12H,7-10H2,1H3,(H,22,23). The fourth-order valence-corrected chi connectivity index (χ4v) is 2.74. The summed E-state index contributed by atoms with van der Waals surface area (Å²) >= 11 is 0. The summed E-state index contributed by atoms with van der Waals surface area (Å²) in [4.78, 5) is 20.5. The lowest BCUT2D eigenvalue weighted by molar-refractivity contribution is -0.137. The van der Waals surface area contributed by atoms with E-state index in [1.54, 1.807) is 17.0 Å². The third-order valence-electron chi connectivity index (χ3n) is 4.25. The second-order valence-electron chi connectivity index (χ2n) is 6.23. The van der Waals surface area contributed by atoms with Crippen LogP contribution in [0.5, 0.6) is 0 Å². The van der Waals surface area contributed by atoms with E-state index in [1.165, 1.54) is 18.3 Å². The Morgan fingerprint density at radius 2 is 1.77 bits per heavy atom. The van der Waals surface area contributed by atoms with E-state index >= 15 is 0 Å². The van der Waals surface area contributed by atoms with Crippen molar-refractivity contribution in [2.75, 3.05) is 38.5 Å². The smallest absolute Gasteiger partial charge is 0.355 e. The Hall–Kier alpha value is -2.61. The van der Waals surface area contributed by atoms with Gasteiger partial charge in [-0.25, -0.2) is 0 Å². The summed E-state index contributed by atoms with van der Waals surface area (Å²) in [6, 6.07) is 8.09. The van der Waals surface area contributed by atoms with E-state index in [1.807, 2.05) is 7.05 Å². The lowest BCUT2D eigenvalue weighted by Crippen LogP contribution is -2.47. The summed E-state index contributed by atoms with van der Waals surface area (Å²) in [5.41, 5.74) is 0.345. The lowest BCUT2D eigenvalue weighted by Gasteiger charge is -2.32. The first-order valence-corrected chi connectivity index (χ1v) is 8.21. The molecule has 1 saturated heterocycles. The molecule has 1 aliphatic heterocycles. The molecule has 1 amide bonds. The van der Waals surface area contributed by atoms with Gasteiger partial charge in [0.25, 0.3) is 5.91 Å². The molecule has 0 bridgehead atoms. The summed E-state index contributed by atoms with van der Waals surface area (Å²) in [5.74, 6) is -0.175. The van der Waals surface area contributed by atoms with Crippen molar-refractivity contribution in [3.05, 3.63) is 53.9 Å². The molecule has 138 valence electrons. The fourth-order valence-electron chi connectivity index (χ4n) is 2.74. The van der Waals surface area contributed by atoms with Gasteiger partial charge in [-0.05, 0) is 37.4 Å². The molecule has 0 aliphatic carbocycles. The van der Waals surface area contributed by atoms with Gasteiger partial charge in [0.15, 0.2) is 0 Å². The van der Waals surface area contributed by atoms with Crippen LogP contribution < -0.4 is 5.32 Å². The molecule has 3 rings (SSSR count). The topological polar surface area (TPSA) is 48.5 Å². The molecule has 1 fully saturated rings. The third-order valence-corrected chi connectivity index (χ3v) is 4.25. The van der Waals surface area contributed by atoms with Gasteiger partial charge in [-0.2, -0.15) is 13.2 Å². The molecule has 2 aromatic rings. The Morgan fingerprint density at radius 1 is 1.08 bits per heavy atom. The molecule has 26 heavy (non-hydrogen) atoms. The van der Waals surface area contributed by atoms with E-state index in [0.29, 0.717) is 24.5 Å². The first-order valence-electron chi connectivity index (χ1n) is 8.21. The normalized spacial score (nSPS) is 15.8. The summed E-state index contributed by atoms with van der Waals surface area (Å²) in [7, 11) is 2.00. The van der Waals surface area contributed by atoms with Crippen LogP contribution in [0.2, 0.25) is 0 Å². The molecule has 1 aromatic heterocycles. The minimum atomic E-state index is -4.40. The van der Waals surface area contributed by atoms with Crippen molar-refractivity contribution in [2.24, 2.45) is 0 Å². The Morgan fingerprint density at radius 3 is 2.46 bits per heavy atom. The van der Waals surface area contributed by atoms with E-state index in [2.05, 4.69) is 15.2 Å². The number of likely N-dealkylation sites (N-methyl/N-ethyl adjacent to an activating group) is 1. The number of halogens is 3. The number of alkyl halides is 3. The molecular formula is C18H19F3N4O. The average Bonchev–Trinajstić information content (AvgIpc) is 2.61. The van der Waals surface area contributed by atoms with Gasteiger partial charge in [-0.3, -0.25) is 9.78 Å². The van der Waals surface area contributed by atoms with Crippen molar-refractivity contribution in [3.63, 3.8) is 0 Å². The summed E-state index contributed by atoms with van der Waals surface area (Å²) < 4.78 is 38.5. The van der Waals surface area contributed by atoms with Gasteiger partial charge in [0.1, 0.15) is 5.69 Å². The van der Waals surface area contributed by atoms with Crippen LogP contribution in [0.25, 0.3) is 0 Å². The van der Waals surface area contributed by atoms with Gasteiger partial charge in [-0.15, -0.1) is 0 Å². The molecule has 1 aromatic carbocycles. The van der Waals surface area contributed by atoms with E-state index in [4.69, 9.17) is 0 Å². The lowest BCUT2D eigenvalue weighted by atomic mass is 10.2. The fraction of sp³-hybridized carbons (Fsp3) is 0.333. The molecule has 0 saturated carbocycles. The van der Waals surface area contributed by atoms with Gasteiger partial charge in [0.2, 0.25) is 0 Å². The molecule has 0 unspecified atom stereocenters. The number of pyridine rings is 1. The summed E-state index contributed by atoms with van der Waals surface area (Å²) in [6.45, 7) is 2.85.